The van der Waals surface area contributed by atoms with E-state index in [0.29, 0.717) is 0 Å². The van der Waals surface area contributed by atoms with Crippen molar-refractivity contribution in [3.63, 3.8) is 0 Å². The number of aliphatic hydroxyl groups excluding tert-OH is 1. The monoisotopic (exact) mass is 338 g/mol. The molecule has 1 unspecified atom stereocenters. The summed E-state index contributed by atoms with van der Waals surface area (Å²) >= 11 is 5.05. The number of methoxy groups -OCH3 is 1. The molecule has 0 bridgehead atoms. The number of benzene rings is 2. The van der Waals surface area contributed by atoms with Crippen molar-refractivity contribution in [2.75, 3.05) is 7.11 Å². The lowest BCUT2D eigenvalue weighted by Gasteiger charge is -2.12. The first kappa shape index (κ1) is 14.4. The highest BCUT2D eigenvalue weighted by Crippen LogP contribution is 2.36. The highest BCUT2D eigenvalue weighted by molar-refractivity contribution is 9.10. The molecular weight excluding hydrogens is 324 g/mol. The van der Waals surface area contributed by atoms with E-state index in [9.17, 15) is 5.11 Å². The number of halogens is 1. The molecule has 0 aromatic heterocycles. The van der Waals surface area contributed by atoms with Crippen molar-refractivity contribution in [1.29, 1.82) is 0 Å². The first-order valence-electron chi connectivity index (χ1n) is 5.89. The van der Waals surface area contributed by atoms with E-state index >= 15 is 0 Å². The van der Waals surface area contributed by atoms with Gasteiger partial charge in [0.15, 0.2) is 0 Å². The maximum atomic E-state index is 9.85. The van der Waals surface area contributed by atoms with Gasteiger partial charge in [0, 0.05) is 14.3 Å². The summed E-state index contributed by atoms with van der Waals surface area (Å²) in [6.07, 6.45) is -0.495. The van der Waals surface area contributed by atoms with Gasteiger partial charge >= 0.3 is 0 Å². The fourth-order valence-electron chi connectivity index (χ4n) is 1.73. The molecule has 0 saturated carbocycles. The van der Waals surface area contributed by atoms with Crippen LogP contribution in [-0.2, 0) is 0 Å². The van der Waals surface area contributed by atoms with Gasteiger partial charge in [-0.1, -0.05) is 33.8 Å². The maximum Gasteiger partial charge on any atom is 0.119 e. The van der Waals surface area contributed by atoms with E-state index in [0.717, 1.165) is 25.6 Å². The standard InChI is InChI=1S/C15H15BrO2S/c1-10(17)14-8-11(16)6-7-15(14)19-13-5-3-4-12(9-13)18-2/h3-10,17H,1-2H3. The van der Waals surface area contributed by atoms with Crippen molar-refractivity contribution in [2.24, 2.45) is 0 Å². The number of hydrogen-bond acceptors (Lipinski definition) is 3. The molecular formula is C15H15BrO2S. The van der Waals surface area contributed by atoms with Crippen molar-refractivity contribution in [3.8, 4) is 5.75 Å². The Bertz CT molecular complexity index is 570. The average molecular weight is 339 g/mol. The molecule has 0 amide bonds. The summed E-state index contributed by atoms with van der Waals surface area (Å²) in [4.78, 5) is 2.13. The molecule has 4 heteroatoms. The third-order valence-corrected chi connectivity index (χ3v) is 4.27. The average Bonchev–Trinajstić information content (AvgIpc) is 2.41. The van der Waals surface area contributed by atoms with Crippen LogP contribution in [0, 0.1) is 0 Å². The Balaban J connectivity index is 2.32. The zero-order chi connectivity index (χ0) is 13.8. The smallest absolute Gasteiger partial charge is 0.119 e. The van der Waals surface area contributed by atoms with Crippen LogP contribution in [0.25, 0.3) is 0 Å². The molecule has 2 aromatic rings. The minimum Gasteiger partial charge on any atom is -0.497 e. The Hall–Kier alpha value is -0.970. The molecule has 0 radical (unpaired) electrons. The van der Waals surface area contributed by atoms with Crippen LogP contribution in [0.4, 0.5) is 0 Å². The number of rotatable bonds is 4. The summed E-state index contributed by atoms with van der Waals surface area (Å²) in [5, 5.41) is 9.85. The molecule has 0 saturated heterocycles. The van der Waals surface area contributed by atoms with Gasteiger partial charge < -0.3 is 9.84 Å². The second-order valence-electron chi connectivity index (χ2n) is 4.14. The first-order valence-corrected chi connectivity index (χ1v) is 7.50. The number of hydrogen-bond donors (Lipinski definition) is 1. The van der Waals surface area contributed by atoms with E-state index in [1.807, 2.05) is 42.5 Å². The van der Waals surface area contributed by atoms with E-state index in [-0.39, 0.29) is 0 Å². The van der Waals surface area contributed by atoms with Crippen molar-refractivity contribution in [3.05, 3.63) is 52.5 Å². The minimum atomic E-state index is -0.495. The SMILES string of the molecule is COc1cccc(Sc2ccc(Br)cc2C(C)O)c1. The molecule has 0 aliphatic carbocycles. The molecule has 2 aromatic carbocycles. The quantitative estimate of drug-likeness (QED) is 0.878. The summed E-state index contributed by atoms with van der Waals surface area (Å²) in [6.45, 7) is 1.78. The lowest BCUT2D eigenvalue weighted by molar-refractivity contribution is 0.196. The Kier molecular flexibility index (Phi) is 4.91. The lowest BCUT2D eigenvalue weighted by Crippen LogP contribution is -1.94. The van der Waals surface area contributed by atoms with Gasteiger partial charge in [-0.25, -0.2) is 0 Å². The predicted molar refractivity (Wildman–Crippen MR) is 81.9 cm³/mol. The van der Waals surface area contributed by atoms with Crippen LogP contribution in [0.5, 0.6) is 5.75 Å². The highest BCUT2D eigenvalue weighted by Gasteiger charge is 2.10. The molecule has 2 rings (SSSR count). The van der Waals surface area contributed by atoms with E-state index in [1.165, 1.54) is 0 Å². The molecule has 100 valence electrons. The van der Waals surface area contributed by atoms with Gasteiger partial charge in [-0.2, -0.15) is 0 Å². The Morgan fingerprint density at radius 2 is 2.00 bits per heavy atom. The molecule has 2 nitrogen and oxygen atoms in total. The predicted octanol–water partition coefficient (Wildman–Crippen LogP) is 4.66. The molecule has 0 spiro atoms. The minimum absolute atomic E-state index is 0.495. The van der Waals surface area contributed by atoms with Crippen LogP contribution >= 0.6 is 27.7 Å². The van der Waals surface area contributed by atoms with Crippen LogP contribution in [0.1, 0.15) is 18.6 Å². The molecule has 0 aliphatic rings. The van der Waals surface area contributed by atoms with Gasteiger partial charge in [-0.3, -0.25) is 0 Å². The van der Waals surface area contributed by atoms with E-state index in [2.05, 4.69) is 15.9 Å². The van der Waals surface area contributed by atoms with E-state index in [1.54, 1.807) is 25.8 Å². The number of ether oxygens (including phenoxy) is 1. The lowest BCUT2D eigenvalue weighted by atomic mass is 10.1. The summed E-state index contributed by atoms with van der Waals surface area (Å²) in [5.74, 6) is 0.834. The van der Waals surface area contributed by atoms with Gasteiger partial charge in [0.05, 0.1) is 13.2 Å². The second kappa shape index (κ2) is 6.46. The van der Waals surface area contributed by atoms with Crippen LogP contribution in [0.15, 0.2) is 56.7 Å². The summed E-state index contributed by atoms with van der Waals surface area (Å²) in [7, 11) is 1.66. The van der Waals surface area contributed by atoms with Gasteiger partial charge in [-0.05, 0) is 48.9 Å². The molecule has 1 atom stereocenters. The normalized spacial score (nSPS) is 12.2. The second-order valence-corrected chi connectivity index (χ2v) is 6.17. The largest absolute Gasteiger partial charge is 0.497 e. The van der Waals surface area contributed by atoms with E-state index < -0.39 is 6.10 Å². The van der Waals surface area contributed by atoms with Gasteiger partial charge in [0.2, 0.25) is 0 Å². The zero-order valence-corrected chi connectivity index (χ0v) is 13.2. The Morgan fingerprint density at radius 1 is 1.21 bits per heavy atom. The summed E-state index contributed by atoms with van der Waals surface area (Å²) in [6, 6.07) is 13.8. The van der Waals surface area contributed by atoms with E-state index in [4.69, 9.17) is 4.74 Å². The number of aliphatic hydroxyl groups is 1. The molecule has 0 aliphatic heterocycles. The van der Waals surface area contributed by atoms with Gasteiger partial charge in [0.25, 0.3) is 0 Å². The Morgan fingerprint density at radius 3 is 2.68 bits per heavy atom. The van der Waals surface area contributed by atoms with Crippen LogP contribution in [0.3, 0.4) is 0 Å². The maximum absolute atomic E-state index is 9.85. The molecule has 0 heterocycles. The van der Waals surface area contributed by atoms with Gasteiger partial charge in [0.1, 0.15) is 5.75 Å². The third-order valence-electron chi connectivity index (χ3n) is 2.69. The highest BCUT2D eigenvalue weighted by atomic mass is 79.9. The zero-order valence-electron chi connectivity index (χ0n) is 10.8. The van der Waals surface area contributed by atoms with Crippen molar-refractivity contribution in [2.45, 2.75) is 22.8 Å². The molecule has 19 heavy (non-hydrogen) atoms. The van der Waals surface area contributed by atoms with Crippen molar-refractivity contribution >= 4 is 27.7 Å². The van der Waals surface area contributed by atoms with Crippen molar-refractivity contribution < 1.29 is 9.84 Å². The fraction of sp³-hybridized carbons (Fsp3) is 0.200. The van der Waals surface area contributed by atoms with Crippen LogP contribution in [-0.4, -0.2) is 12.2 Å². The first-order chi connectivity index (χ1) is 9.10. The van der Waals surface area contributed by atoms with Crippen molar-refractivity contribution in [1.82, 2.24) is 0 Å². The van der Waals surface area contributed by atoms with Crippen LogP contribution in [0.2, 0.25) is 0 Å². The van der Waals surface area contributed by atoms with Crippen LogP contribution < -0.4 is 4.74 Å². The van der Waals surface area contributed by atoms with Gasteiger partial charge in [-0.15, -0.1) is 0 Å². The molecule has 0 fully saturated rings. The fourth-order valence-corrected chi connectivity index (χ4v) is 3.17. The third kappa shape index (κ3) is 3.75. The molecule has 1 N–H and O–H groups in total. The topological polar surface area (TPSA) is 29.5 Å². The Labute approximate surface area is 125 Å². The summed E-state index contributed by atoms with van der Waals surface area (Å²) in [5.41, 5.74) is 0.919. The summed E-state index contributed by atoms with van der Waals surface area (Å²) < 4.78 is 6.19.